The number of ether oxygens (including phenoxy) is 1. The number of carbonyl (C=O) groups is 2. The van der Waals surface area contributed by atoms with Gasteiger partial charge >= 0.3 is 5.97 Å². The molecule has 1 aromatic heterocycles. The Labute approximate surface area is 123 Å². The standard InChI is InChI=1S/C14H22N2O3S/c1-8-7-20-12(13(18)19-5)11(8)16-10(17)6-9(15)14(2,3)4/h7,9H,6,15H2,1-5H3,(H,16,17). The summed E-state index contributed by atoms with van der Waals surface area (Å²) >= 11 is 1.25. The number of hydrogen-bond donors (Lipinski definition) is 2. The first-order valence-electron chi connectivity index (χ1n) is 6.38. The molecule has 0 aliphatic rings. The average molecular weight is 298 g/mol. The van der Waals surface area contributed by atoms with E-state index < -0.39 is 5.97 Å². The molecular formula is C14H22N2O3S. The van der Waals surface area contributed by atoms with Crippen LogP contribution in [0, 0.1) is 12.3 Å². The van der Waals surface area contributed by atoms with Crippen molar-refractivity contribution in [1.82, 2.24) is 0 Å². The maximum Gasteiger partial charge on any atom is 0.350 e. The van der Waals surface area contributed by atoms with Crippen molar-refractivity contribution in [3.63, 3.8) is 0 Å². The predicted molar refractivity (Wildman–Crippen MR) is 81.1 cm³/mol. The third-order valence-electron chi connectivity index (χ3n) is 3.13. The van der Waals surface area contributed by atoms with E-state index in [1.807, 2.05) is 33.1 Å². The van der Waals surface area contributed by atoms with E-state index in [2.05, 4.69) is 5.32 Å². The molecule has 0 saturated heterocycles. The van der Waals surface area contributed by atoms with E-state index >= 15 is 0 Å². The zero-order chi connectivity index (χ0) is 15.5. The Kier molecular flexibility index (Phi) is 5.30. The monoisotopic (exact) mass is 298 g/mol. The molecule has 0 radical (unpaired) electrons. The van der Waals surface area contributed by atoms with Crippen LogP contribution in [-0.2, 0) is 9.53 Å². The number of thiophene rings is 1. The Morgan fingerprint density at radius 1 is 1.45 bits per heavy atom. The Morgan fingerprint density at radius 2 is 2.05 bits per heavy atom. The van der Waals surface area contributed by atoms with E-state index in [0.29, 0.717) is 10.6 Å². The lowest BCUT2D eigenvalue weighted by atomic mass is 9.85. The molecule has 0 aromatic carbocycles. The van der Waals surface area contributed by atoms with Gasteiger partial charge in [-0.15, -0.1) is 11.3 Å². The van der Waals surface area contributed by atoms with Crippen LogP contribution in [0.2, 0.25) is 0 Å². The van der Waals surface area contributed by atoms with E-state index in [0.717, 1.165) is 5.56 Å². The fourth-order valence-electron chi connectivity index (χ4n) is 1.54. The zero-order valence-corrected chi connectivity index (χ0v) is 13.4. The summed E-state index contributed by atoms with van der Waals surface area (Å²) in [6.07, 6.45) is 0.208. The van der Waals surface area contributed by atoms with Gasteiger partial charge in [-0.2, -0.15) is 0 Å². The van der Waals surface area contributed by atoms with Crippen LogP contribution >= 0.6 is 11.3 Å². The number of esters is 1. The molecule has 1 aromatic rings. The van der Waals surface area contributed by atoms with Gasteiger partial charge < -0.3 is 15.8 Å². The van der Waals surface area contributed by atoms with Crippen LogP contribution in [0.3, 0.4) is 0 Å². The first kappa shape index (κ1) is 16.7. The van der Waals surface area contributed by atoms with Crippen molar-refractivity contribution in [3.05, 3.63) is 15.8 Å². The molecule has 0 spiro atoms. The number of hydrogen-bond acceptors (Lipinski definition) is 5. The van der Waals surface area contributed by atoms with Crippen molar-refractivity contribution in [2.75, 3.05) is 12.4 Å². The van der Waals surface area contributed by atoms with Gasteiger partial charge in [-0.05, 0) is 23.3 Å². The summed E-state index contributed by atoms with van der Waals surface area (Å²) in [5.41, 5.74) is 7.21. The molecule has 0 saturated carbocycles. The summed E-state index contributed by atoms with van der Waals surface area (Å²) in [6.45, 7) is 7.80. The highest BCUT2D eigenvalue weighted by molar-refractivity contribution is 7.12. The van der Waals surface area contributed by atoms with Gasteiger partial charge in [0.2, 0.25) is 5.91 Å². The van der Waals surface area contributed by atoms with Crippen LogP contribution < -0.4 is 11.1 Å². The largest absolute Gasteiger partial charge is 0.465 e. The predicted octanol–water partition coefficient (Wildman–Crippen LogP) is 2.55. The van der Waals surface area contributed by atoms with E-state index in [-0.39, 0.29) is 23.8 Å². The molecule has 1 rings (SSSR count). The number of amides is 1. The molecule has 0 bridgehead atoms. The minimum absolute atomic E-state index is 0.147. The van der Waals surface area contributed by atoms with E-state index in [1.54, 1.807) is 0 Å². The molecule has 1 amide bonds. The Morgan fingerprint density at radius 3 is 2.55 bits per heavy atom. The fourth-order valence-corrected chi connectivity index (χ4v) is 2.46. The number of aryl methyl sites for hydroxylation is 1. The van der Waals surface area contributed by atoms with Crippen molar-refractivity contribution in [2.45, 2.75) is 40.2 Å². The second-order valence-corrected chi connectivity index (χ2v) is 6.72. The second-order valence-electron chi connectivity index (χ2n) is 5.84. The number of rotatable bonds is 4. The summed E-state index contributed by atoms with van der Waals surface area (Å²) in [4.78, 5) is 24.1. The topological polar surface area (TPSA) is 81.4 Å². The lowest BCUT2D eigenvalue weighted by molar-refractivity contribution is -0.117. The van der Waals surface area contributed by atoms with Gasteiger partial charge in [-0.1, -0.05) is 20.8 Å². The molecule has 5 nitrogen and oxygen atoms in total. The second kappa shape index (κ2) is 6.37. The molecule has 1 atom stereocenters. The average Bonchev–Trinajstić information content (AvgIpc) is 2.69. The third-order valence-corrected chi connectivity index (χ3v) is 4.21. The SMILES string of the molecule is COC(=O)c1scc(C)c1NC(=O)CC(N)C(C)(C)C. The first-order chi connectivity index (χ1) is 9.16. The van der Waals surface area contributed by atoms with Crippen molar-refractivity contribution in [1.29, 1.82) is 0 Å². The summed E-state index contributed by atoms with van der Waals surface area (Å²) in [6, 6.07) is -0.247. The van der Waals surface area contributed by atoms with Crippen LogP contribution in [0.5, 0.6) is 0 Å². The highest BCUT2D eigenvalue weighted by atomic mass is 32.1. The van der Waals surface area contributed by atoms with Crippen LogP contribution in [0.15, 0.2) is 5.38 Å². The lowest BCUT2D eigenvalue weighted by Gasteiger charge is -2.26. The molecule has 1 unspecified atom stereocenters. The number of nitrogens with one attached hydrogen (secondary N) is 1. The molecule has 0 aliphatic heterocycles. The summed E-state index contributed by atoms with van der Waals surface area (Å²) < 4.78 is 4.70. The van der Waals surface area contributed by atoms with Gasteiger partial charge in [0, 0.05) is 12.5 Å². The van der Waals surface area contributed by atoms with Gasteiger partial charge in [0.15, 0.2) is 0 Å². The maximum atomic E-state index is 12.0. The summed E-state index contributed by atoms with van der Waals surface area (Å²) in [5.74, 6) is -0.641. The van der Waals surface area contributed by atoms with Gasteiger partial charge in [0.1, 0.15) is 4.88 Å². The maximum absolute atomic E-state index is 12.0. The van der Waals surface area contributed by atoms with Crippen molar-refractivity contribution < 1.29 is 14.3 Å². The molecule has 20 heavy (non-hydrogen) atoms. The number of carbonyl (C=O) groups excluding carboxylic acids is 2. The Balaban J connectivity index is 2.81. The molecule has 1 heterocycles. The van der Waals surface area contributed by atoms with Crippen LogP contribution in [-0.4, -0.2) is 25.0 Å². The lowest BCUT2D eigenvalue weighted by Crippen LogP contribution is -2.38. The summed E-state index contributed by atoms with van der Waals surface area (Å²) in [5, 5.41) is 4.58. The molecule has 0 fully saturated rings. The minimum Gasteiger partial charge on any atom is -0.465 e. The zero-order valence-electron chi connectivity index (χ0n) is 12.6. The molecular weight excluding hydrogens is 276 g/mol. The van der Waals surface area contributed by atoms with Crippen molar-refractivity contribution in [3.8, 4) is 0 Å². The summed E-state index contributed by atoms with van der Waals surface area (Å²) in [7, 11) is 1.32. The quantitative estimate of drug-likeness (QED) is 0.837. The van der Waals surface area contributed by atoms with Crippen molar-refractivity contribution in [2.24, 2.45) is 11.1 Å². The van der Waals surface area contributed by atoms with Gasteiger partial charge in [0.25, 0.3) is 0 Å². The van der Waals surface area contributed by atoms with E-state index in [1.165, 1.54) is 18.4 Å². The smallest absolute Gasteiger partial charge is 0.350 e. The van der Waals surface area contributed by atoms with E-state index in [4.69, 9.17) is 10.5 Å². The molecule has 6 heteroatoms. The molecule has 112 valence electrons. The van der Waals surface area contributed by atoms with Gasteiger partial charge in [-0.25, -0.2) is 4.79 Å². The number of methoxy groups -OCH3 is 1. The third kappa shape index (κ3) is 4.05. The normalized spacial score (nSPS) is 12.9. The number of nitrogens with two attached hydrogens (primary N) is 1. The van der Waals surface area contributed by atoms with E-state index in [9.17, 15) is 9.59 Å². The fraction of sp³-hybridized carbons (Fsp3) is 0.571. The van der Waals surface area contributed by atoms with Crippen LogP contribution in [0.4, 0.5) is 5.69 Å². The Hall–Kier alpha value is -1.40. The molecule has 0 aliphatic carbocycles. The highest BCUT2D eigenvalue weighted by Gasteiger charge is 2.25. The van der Waals surface area contributed by atoms with Crippen LogP contribution in [0.25, 0.3) is 0 Å². The number of anilines is 1. The minimum atomic E-state index is -0.446. The van der Waals surface area contributed by atoms with Gasteiger partial charge in [-0.3, -0.25) is 4.79 Å². The Bertz CT molecular complexity index is 503. The van der Waals surface area contributed by atoms with Crippen molar-refractivity contribution >= 4 is 28.9 Å². The van der Waals surface area contributed by atoms with Gasteiger partial charge in [0.05, 0.1) is 12.8 Å². The molecule has 3 N–H and O–H groups in total. The highest BCUT2D eigenvalue weighted by Crippen LogP contribution is 2.29. The van der Waals surface area contributed by atoms with Crippen LogP contribution in [0.1, 0.15) is 42.4 Å². The first-order valence-corrected chi connectivity index (χ1v) is 7.26.